The summed E-state index contributed by atoms with van der Waals surface area (Å²) < 4.78 is 25.3. The van der Waals surface area contributed by atoms with Gasteiger partial charge in [-0.25, -0.2) is 4.39 Å². The number of methoxy groups -OCH3 is 1. The van der Waals surface area contributed by atoms with Crippen LogP contribution in [-0.4, -0.2) is 17.3 Å². The molecule has 1 saturated heterocycles. The van der Waals surface area contributed by atoms with E-state index in [4.69, 9.17) is 33.3 Å². The number of halogens is 2. The summed E-state index contributed by atoms with van der Waals surface area (Å²) in [6.07, 6.45) is 1.76. The predicted molar refractivity (Wildman–Crippen MR) is 131 cm³/mol. The van der Waals surface area contributed by atoms with E-state index in [-0.39, 0.29) is 12.5 Å². The van der Waals surface area contributed by atoms with Crippen LogP contribution in [0.1, 0.15) is 11.1 Å². The minimum atomic E-state index is -0.420. The third-order valence-electron chi connectivity index (χ3n) is 4.73. The molecule has 1 aliphatic heterocycles. The number of ether oxygens (including phenoxy) is 2. The van der Waals surface area contributed by atoms with Crippen molar-refractivity contribution < 1.29 is 18.7 Å². The van der Waals surface area contributed by atoms with E-state index in [1.54, 1.807) is 67.8 Å². The molecule has 3 aromatic carbocycles. The van der Waals surface area contributed by atoms with Gasteiger partial charge < -0.3 is 9.47 Å². The van der Waals surface area contributed by atoms with Gasteiger partial charge in [-0.1, -0.05) is 53.8 Å². The van der Waals surface area contributed by atoms with Gasteiger partial charge >= 0.3 is 0 Å². The lowest BCUT2D eigenvalue weighted by atomic mass is 10.2. The zero-order valence-electron chi connectivity index (χ0n) is 16.9. The Morgan fingerprint density at radius 1 is 1.09 bits per heavy atom. The number of thiocarbonyl (C=S) groups is 1. The summed E-state index contributed by atoms with van der Waals surface area (Å²) in [6.45, 7) is -0.00541. The molecule has 0 bridgehead atoms. The van der Waals surface area contributed by atoms with Gasteiger partial charge in [0.25, 0.3) is 5.91 Å². The molecule has 0 spiro atoms. The van der Waals surface area contributed by atoms with Gasteiger partial charge in [0.15, 0.2) is 4.32 Å². The van der Waals surface area contributed by atoms with Crippen LogP contribution in [0, 0.1) is 5.82 Å². The molecule has 0 aromatic heterocycles. The Morgan fingerprint density at radius 3 is 2.56 bits per heavy atom. The van der Waals surface area contributed by atoms with E-state index in [0.29, 0.717) is 37.0 Å². The Morgan fingerprint density at radius 2 is 1.84 bits per heavy atom. The van der Waals surface area contributed by atoms with Gasteiger partial charge in [-0.3, -0.25) is 9.69 Å². The molecule has 0 N–H and O–H groups in total. The van der Waals surface area contributed by atoms with Crippen LogP contribution >= 0.6 is 35.6 Å². The molecule has 0 radical (unpaired) electrons. The molecule has 8 heteroatoms. The maximum absolute atomic E-state index is 14.0. The highest BCUT2D eigenvalue weighted by Gasteiger charge is 2.33. The number of hydrogen-bond acceptors (Lipinski definition) is 5. The van der Waals surface area contributed by atoms with Crippen molar-refractivity contribution in [1.29, 1.82) is 0 Å². The summed E-state index contributed by atoms with van der Waals surface area (Å²) >= 11 is 12.7. The fourth-order valence-electron chi connectivity index (χ4n) is 3.09. The normalized spacial score (nSPS) is 14.8. The van der Waals surface area contributed by atoms with Crippen LogP contribution < -0.4 is 14.4 Å². The third kappa shape index (κ3) is 4.80. The Balaban J connectivity index is 1.51. The summed E-state index contributed by atoms with van der Waals surface area (Å²) in [5.74, 6) is 0.609. The lowest BCUT2D eigenvalue weighted by Crippen LogP contribution is -2.27. The summed E-state index contributed by atoms with van der Waals surface area (Å²) in [5.41, 5.74) is 1.73. The highest BCUT2D eigenvalue weighted by molar-refractivity contribution is 8.27. The van der Waals surface area contributed by atoms with Crippen molar-refractivity contribution in [2.75, 3.05) is 12.0 Å². The van der Waals surface area contributed by atoms with Gasteiger partial charge in [-0.05, 0) is 60.2 Å². The molecule has 1 fully saturated rings. The molecular formula is C24H17ClFNO3S2. The monoisotopic (exact) mass is 485 g/mol. The molecule has 1 heterocycles. The van der Waals surface area contributed by atoms with Crippen molar-refractivity contribution in [3.63, 3.8) is 0 Å². The topological polar surface area (TPSA) is 38.8 Å². The maximum atomic E-state index is 14.0. The average Bonchev–Trinajstić information content (AvgIpc) is 3.06. The van der Waals surface area contributed by atoms with Crippen molar-refractivity contribution in [2.45, 2.75) is 6.61 Å². The minimum absolute atomic E-state index is 0.00541. The number of benzene rings is 3. The predicted octanol–water partition coefficient (Wildman–Crippen LogP) is 6.47. The summed E-state index contributed by atoms with van der Waals surface area (Å²) in [5, 5.41) is 0.309. The summed E-state index contributed by atoms with van der Waals surface area (Å²) in [7, 11) is 1.58. The van der Waals surface area contributed by atoms with Crippen molar-refractivity contribution in [2.24, 2.45) is 0 Å². The summed E-state index contributed by atoms with van der Waals surface area (Å²) in [6, 6.07) is 18.8. The lowest BCUT2D eigenvalue weighted by molar-refractivity contribution is -0.113. The molecule has 3 aromatic rings. The number of hydrogen-bond donors (Lipinski definition) is 0. The Hall–Kier alpha value is -2.87. The van der Waals surface area contributed by atoms with Crippen LogP contribution in [0.25, 0.3) is 6.08 Å². The van der Waals surface area contributed by atoms with E-state index >= 15 is 0 Å². The number of rotatable bonds is 6. The Bertz CT molecular complexity index is 1190. The second kappa shape index (κ2) is 9.73. The molecule has 4 nitrogen and oxygen atoms in total. The molecule has 4 rings (SSSR count). The molecule has 0 unspecified atom stereocenters. The summed E-state index contributed by atoms with van der Waals surface area (Å²) in [4.78, 5) is 15.0. The van der Waals surface area contributed by atoms with Gasteiger partial charge in [0.05, 0.1) is 22.7 Å². The van der Waals surface area contributed by atoms with Crippen molar-refractivity contribution in [1.82, 2.24) is 0 Å². The fourth-order valence-corrected chi connectivity index (χ4v) is 4.61. The van der Waals surface area contributed by atoms with Crippen LogP contribution in [-0.2, 0) is 11.4 Å². The first-order valence-electron chi connectivity index (χ1n) is 9.54. The standard InChI is InChI=1S/C24H17ClFNO3S2/c1-29-17-10-8-16(9-11-17)27-23(28)22(32-24(27)31)13-15-4-2-5-18(12-15)30-14-19-20(25)6-3-7-21(19)26/h2-13H,14H2,1H3. The average molecular weight is 486 g/mol. The zero-order valence-corrected chi connectivity index (χ0v) is 19.3. The number of carbonyl (C=O) groups is 1. The molecule has 0 aliphatic carbocycles. The quantitative estimate of drug-likeness (QED) is 0.295. The zero-order chi connectivity index (χ0) is 22.7. The van der Waals surface area contributed by atoms with Crippen LogP contribution in [0.3, 0.4) is 0 Å². The SMILES string of the molecule is COc1ccc(N2C(=O)C(=Cc3cccc(OCc4c(F)cccc4Cl)c3)SC2=S)cc1. The second-order valence-corrected chi connectivity index (χ2v) is 8.86. The molecule has 0 saturated carbocycles. The maximum Gasteiger partial charge on any atom is 0.270 e. The highest BCUT2D eigenvalue weighted by Crippen LogP contribution is 2.36. The van der Waals surface area contributed by atoms with Crippen LogP contribution in [0.4, 0.5) is 10.1 Å². The first kappa shape index (κ1) is 22.3. The van der Waals surface area contributed by atoms with Crippen LogP contribution in [0.15, 0.2) is 71.6 Å². The first-order chi connectivity index (χ1) is 15.5. The number of nitrogens with zero attached hydrogens (tertiary/aromatic N) is 1. The van der Waals surface area contributed by atoms with Gasteiger partial charge in [-0.2, -0.15) is 0 Å². The van der Waals surface area contributed by atoms with Gasteiger partial charge in [-0.15, -0.1) is 0 Å². The van der Waals surface area contributed by atoms with E-state index in [1.807, 2.05) is 6.07 Å². The molecule has 162 valence electrons. The van der Waals surface area contributed by atoms with Crippen molar-refractivity contribution in [3.05, 3.63) is 93.6 Å². The van der Waals surface area contributed by atoms with E-state index in [0.717, 1.165) is 5.56 Å². The van der Waals surface area contributed by atoms with Gasteiger partial charge in [0.1, 0.15) is 23.9 Å². The Labute approximate surface area is 199 Å². The van der Waals surface area contributed by atoms with E-state index in [1.165, 1.54) is 22.7 Å². The van der Waals surface area contributed by atoms with Gasteiger partial charge in [0.2, 0.25) is 0 Å². The molecule has 1 aliphatic rings. The number of carbonyl (C=O) groups excluding carboxylic acids is 1. The molecular weight excluding hydrogens is 469 g/mol. The van der Waals surface area contributed by atoms with Crippen molar-refractivity contribution in [3.8, 4) is 11.5 Å². The Kier molecular flexibility index (Phi) is 6.79. The van der Waals surface area contributed by atoms with Crippen LogP contribution in [0.5, 0.6) is 11.5 Å². The lowest BCUT2D eigenvalue weighted by Gasteiger charge is -2.14. The van der Waals surface area contributed by atoms with E-state index in [2.05, 4.69) is 0 Å². The number of thioether (sulfide) groups is 1. The fraction of sp³-hybridized carbons (Fsp3) is 0.0833. The van der Waals surface area contributed by atoms with E-state index in [9.17, 15) is 9.18 Å². The van der Waals surface area contributed by atoms with Crippen LogP contribution in [0.2, 0.25) is 5.02 Å². The second-order valence-electron chi connectivity index (χ2n) is 6.78. The smallest absolute Gasteiger partial charge is 0.270 e. The van der Waals surface area contributed by atoms with E-state index < -0.39 is 5.82 Å². The highest BCUT2D eigenvalue weighted by atomic mass is 35.5. The molecule has 0 atom stereocenters. The van der Waals surface area contributed by atoms with Crippen molar-refractivity contribution >= 4 is 57.6 Å². The molecule has 1 amide bonds. The third-order valence-corrected chi connectivity index (χ3v) is 6.38. The number of amides is 1. The molecule has 32 heavy (non-hydrogen) atoms. The largest absolute Gasteiger partial charge is 0.497 e. The number of anilines is 1. The van der Waals surface area contributed by atoms with Gasteiger partial charge in [0, 0.05) is 5.56 Å². The minimum Gasteiger partial charge on any atom is -0.497 e. The first-order valence-corrected chi connectivity index (χ1v) is 11.1.